The standard InChI is InChI=1S/C32H41N/c1-8-25-14-13-15-30(24-25)33(28-20-16-26(17-21-28)31(6,9-2)10-3)29-22-18-27(19-23-29)32(7,11-4)12-5/h8,13-24H,1,9-12H2,2-7H3. The van der Waals surface area contributed by atoms with Crippen LogP contribution < -0.4 is 4.90 Å². The quantitative estimate of drug-likeness (QED) is 0.304. The van der Waals surface area contributed by atoms with Gasteiger partial charge >= 0.3 is 0 Å². The van der Waals surface area contributed by atoms with Crippen LogP contribution in [0.1, 0.15) is 83.9 Å². The Hall–Kier alpha value is -2.80. The molecule has 33 heavy (non-hydrogen) atoms. The third-order valence-corrected chi connectivity index (χ3v) is 8.13. The van der Waals surface area contributed by atoms with E-state index in [0.29, 0.717) is 0 Å². The number of rotatable bonds is 10. The largest absolute Gasteiger partial charge is 0.310 e. The number of hydrogen-bond acceptors (Lipinski definition) is 1. The van der Waals surface area contributed by atoms with E-state index in [4.69, 9.17) is 0 Å². The van der Waals surface area contributed by atoms with Gasteiger partial charge in [0.25, 0.3) is 0 Å². The van der Waals surface area contributed by atoms with Gasteiger partial charge in [0.05, 0.1) is 0 Å². The van der Waals surface area contributed by atoms with E-state index in [0.717, 1.165) is 36.9 Å². The summed E-state index contributed by atoms with van der Waals surface area (Å²) in [4.78, 5) is 2.35. The summed E-state index contributed by atoms with van der Waals surface area (Å²) in [6, 6.07) is 26.9. The molecule has 0 saturated heterocycles. The van der Waals surface area contributed by atoms with Crippen LogP contribution in [-0.4, -0.2) is 0 Å². The lowest BCUT2D eigenvalue weighted by Gasteiger charge is -2.31. The monoisotopic (exact) mass is 439 g/mol. The molecule has 0 spiro atoms. The van der Waals surface area contributed by atoms with Gasteiger partial charge in [-0.15, -0.1) is 0 Å². The van der Waals surface area contributed by atoms with Crippen LogP contribution in [0.3, 0.4) is 0 Å². The molecule has 0 amide bonds. The first kappa shape index (κ1) is 24.8. The van der Waals surface area contributed by atoms with Gasteiger partial charge in [0.15, 0.2) is 0 Å². The summed E-state index contributed by atoms with van der Waals surface area (Å²) >= 11 is 0. The maximum atomic E-state index is 3.97. The molecule has 0 fully saturated rings. The molecule has 1 nitrogen and oxygen atoms in total. The van der Waals surface area contributed by atoms with Crippen molar-refractivity contribution in [2.45, 2.75) is 78.1 Å². The lowest BCUT2D eigenvalue weighted by atomic mass is 9.78. The maximum absolute atomic E-state index is 3.97. The van der Waals surface area contributed by atoms with Crippen molar-refractivity contribution < 1.29 is 0 Å². The molecular formula is C32H41N. The summed E-state index contributed by atoms with van der Waals surface area (Å²) in [5.74, 6) is 0. The molecule has 0 unspecified atom stereocenters. The molecule has 0 N–H and O–H groups in total. The van der Waals surface area contributed by atoms with Crippen LogP contribution in [0.2, 0.25) is 0 Å². The summed E-state index contributed by atoms with van der Waals surface area (Å²) in [5.41, 5.74) is 7.89. The molecule has 3 aromatic rings. The van der Waals surface area contributed by atoms with Crippen molar-refractivity contribution in [1.29, 1.82) is 0 Å². The number of nitrogens with zero attached hydrogens (tertiary/aromatic N) is 1. The average molecular weight is 440 g/mol. The molecule has 0 bridgehead atoms. The predicted octanol–water partition coefficient (Wildman–Crippen LogP) is 9.95. The first-order chi connectivity index (χ1) is 15.8. The van der Waals surface area contributed by atoms with E-state index >= 15 is 0 Å². The van der Waals surface area contributed by atoms with Crippen LogP contribution >= 0.6 is 0 Å². The van der Waals surface area contributed by atoms with E-state index in [1.807, 2.05) is 6.08 Å². The van der Waals surface area contributed by atoms with Crippen molar-refractivity contribution in [1.82, 2.24) is 0 Å². The van der Waals surface area contributed by atoms with E-state index in [2.05, 4.69) is 126 Å². The summed E-state index contributed by atoms with van der Waals surface area (Å²) in [6.07, 6.45) is 6.48. The van der Waals surface area contributed by atoms with Gasteiger partial charge in [0, 0.05) is 17.1 Å². The molecule has 174 valence electrons. The highest BCUT2D eigenvalue weighted by Gasteiger charge is 2.24. The van der Waals surface area contributed by atoms with E-state index in [1.54, 1.807) is 0 Å². The van der Waals surface area contributed by atoms with Crippen molar-refractivity contribution in [3.05, 3.63) is 96.1 Å². The van der Waals surface area contributed by atoms with E-state index in [-0.39, 0.29) is 10.8 Å². The Morgan fingerprint density at radius 3 is 1.42 bits per heavy atom. The molecule has 0 saturated carbocycles. The average Bonchev–Trinajstić information content (AvgIpc) is 2.88. The van der Waals surface area contributed by atoms with Gasteiger partial charge < -0.3 is 4.90 Å². The van der Waals surface area contributed by atoms with Gasteiger partial charge in [-0.2, -0.15) is 0 Å². The van der Waals surface area contributed by atoms with Crippen LogP contribution in [0, 0.1) is 0 Å². The molecule has 0 aromatic heterocycles. The zero-order valence-corrected chi connectivity index (χ0v) is 21.5. The van der Waals surface area contributed by atoms with Crippen molar-refractivity contribution in [3.8, 4) is 0 Å². The number of benzene rings is 3. The van der Waals surface area contributed by atoms with Gasteiger partial charge in [-0.05, 0) is 89.6 Å². The van der Waals surface area contributed by atoms with E-state index in [9.17, 15) is 0 Å². The molecule has 0 aliphatic heterocycles. The summed E-state index contributed by atoms with van der Waals surface area (Å²) in [5, 5.41) is 0. The SMILES string of the molecule is C=Cc1cccc(N(c2ccc(C(C)(CC)CC)cc2)c2ccc(C(C)(CC)CC)cc2)c1. The van der Waals surface area contributed by atoms with Gasteiger partial charge in [0.2, 0.25) is 0 Å². The second-order valence-corrected chi connectivity index (χ2v) is 9.76. The fraction of sp³-hybridized carbons (Fsp3) is 0.375. The van der Waals surface area contributed by atoms with Gasteiger partial charge in [-0.1, -0.05) is 90.6 Å². The number of hydrogen-bond donors (Lipinski definition) is 0. The third-order valence-electron chi connectivity index (χ3n) is 8.13. The molecule has 3 aromatic carbocycles. The highest BCUT2D eigenvalue weighted by atomic mass is 15.1. The van der Waals surface area contributed by atoms with Gasteiger partial charge in [0.1, 0.15) is 0 Å². The highest BCUT2D eigenvalue weighted by Crippen LogP contribution is 2.39. The summed E-state index contributed by atoms with van der Waals surface area (Å²) in [6.45, 7) is 17.8. The van der Waals surface area contributed by atoms with Crippen molar-refractivity contribution in [2.24, 2.45) is 0 Å². The Morgan fingerprint density at radius 1 is 0.636 bits per heavy atom. The highest BCUT2D eigenvalue weighted by molar-refractivity contribution is 5.78. The second kappa shape index (κ2) is 10.4. The minimum absolute atomic E-state index is 0.221. The predicted molar refractivity (Wildman–Crippen MR) is 147 cm³/mol. The Labute approximate surface area is 202 Å². The molecule has 0 heterocycles. The van der Waals surface area contributed by atoms with E-state index < -0.39 is 0 Å². The van der Waals surface area contributed by atoms with Gasteiger partial charge in [-0.25, -0.2) is 0 Å². The zero-order chi connectivity index (χ0) is 24.1. The molecular weight excluding hydrogens is 398 g/mol. The molecule has 1 heteroatoms. The van der Waals surface area contributed by atoms with Crippen LogP contribution in [0.25, 0.3) is 6.08 Å². The molecule has 0 atom stereocenters. The number of anilines is 3. The van der Waals surface area contributed by atoms with Crippen molar-refractivity contribution in [3.63, 3.8) is 0 Å². The molecule has 0 aliphatic carbocycles. The lowest BCUT2D eigenvalue weighted by Crippen LogP contribution is -2.20. The van der Waals surface area contributed by atoms with Crippen LogP contribution in [0.4, 0.5) is 17.1 Å². The Kier molecular flexibility index (Phi) is 7.84. The van der Waals surface area contributed by atoms with E-state index in [1.165, 1.54) is 22.5 Å². The zero-order valence-electron chi connectivity index (χ0n) is 21.5. The lowest BCUT2D eigenvalue weighted by molar-refractivity contribution is 0.439. The molecule has 3 rings (SSSR count). The summed E-state index contributed by atoms with van der Waals surface area (Å²) in [7, 11) is 0. The fourth-order valence-corrected chi connectivity index (χ4v) is 4.58. The van der Waals surface area contributed by atoms with Crippen molar-refractivity contribution >= 4 is 23.1 Å². The summed E-state index contributed by atoms with van der Waals surface area (Å²) < 4.78 is 0. The Bertz CT molecular complexity index is 973. The topological polar surface area (TPSA) is 3.24 Å². The first-order valence-corrected chi connectivity index (χ1v) is 12.6. The minimum atomic E-state index is 0.221. The molecule has 0 aliphatic rings. The van der Waals surface area contributed by atoms with Crippen LogP contribution in [-0.2, 0) is 10.8 Å². The molecule has 0 radical (unpaired) electrons. The minimum Gasteiger partial charge on any atom is -0.310 e. The Balaban J connectivity index is 2.09. The first-order valence-electron chi connectivity index (χ1n) is 12.6. The van der Waals surface area contributed by atoms with Crippen LogP contribution in [0.5, 0.6) is 0 Å². The normalized spacial score (nSPS) is 11.9. The maximum Gasteiger partial charge on any atom is 0.0467 e. The van der Waals surface area contributed by atoms with Gasteiger partial charge in [-0.3, -0.25) is 0 Å². The Morgan fingerprint density at radius 2 is 1.06 bits per heavy atom. The second-order valence-electron chi connectivity index (χ2n) is 9.76. The smallest absolute Gasteiger partial charge is 0.0467 e. The van der Waals surface area contributed by atoms with Crippen molar-refractivity contribution in [2.75, 3.05) is 4.90 Å². The fourth-order valence-electron chi connectivity index (χ4n) is 4.58. The third kappa shape index (κ3) is 5.08. The van der Waals surface area contributed by atoms with Crippen LogP contribution in [0.15, 0.2) is 79.4 Å².